The van der Waals surface area contributed by atoms with Crippen molar-refractivity contribution in [2.45, 2.75) is 18.9 Å². The zero-order chi connectivity index (χ0) is 25.5. The van der Waals surface area contributed by atoms with Gasteiger partial charge in [0, 0.05) is 17.5 Å². The van der Waals surface area contributed by atoms with Gasteiger partial charge in [-0.3, -0.25) is 14.7 Å². The number of nitrogens with two attached hydrogens (primary N) is 1. The van der Waals surface area contributed by atoms with Crippen LogP contribution in [0.4, 0.5) is 5.69 Å². The molecule has 3 aromatic rings. The summed E-state index contributed by atoms with van der Waals surface area (Å²) in [5.41, 5.74) is 8.56. The number of carboxylic acid groups (broad SMARTS) is 1. The van der Waals surface area contributed by atoms with E-state index in [2.05, 4.69) is 20.7 Å². The molecule has 2 aromatic carbocycles. The number of aliphatic carboxylic acids is 1. The van der Waals surface area contributed by atoms with Gasteiger partial charge in [0.1, 0.15) is 11.4 Å². The van der Waals surface area contributed by atoms with Crippen molar-refractivity contribution in [3.8, 4) is 45.5 Å². The molecule has 0 saturated carbocycles. The van der Waals surface area contributed by atoms with Gasteiger partial charge in [0.25, 0.3) is 0 Å². The molecule has 5 N–H and O–H groups in total. The van der Waals surface area contributed by atoms with E-state index in [9.17, 15) is 9.59 Å². The molecule has 1 heterocycles. The maximum atomic E-state index is 12.5. The number of rotatable bonds is 11. The van der Waals surface area contributed by atoms with Gasteiger partial charge in [-0.25, -0.2) is 0 Å². The Balaban J connectivity index is 1.98. The molecule has 0 aliphatic rings. The number of nitrogens with one attached hydrogen (secondary N) is 2. The van der Waals surface area contributed by atoms with Crippen LogP contribution < -0.4 is 30.0 Å². The second-order valence-electron chi connectivity index (χ2n) is 7.39. The number of carboxylic acids is 1. The number of aromatic nitrogens is 3. The van der Waals surface area contributed by atoms with Gasteiger partial charge in [-0.15, -0.1) is 5.10 Å². The molecule has 12 nitrogen and oxygen atoms in total. The van der Waals surface area contributed by atoms with E-state index in [0.717, 1.165) is 0 Å². The minimum Gasteiger partial charge on any atom is -0.495 e. The Hall–Kier alpha value is -4.32. The Labute approximate surface area is 201 Å². The molecule has 1 atom stereocenters. The van der Waals surface area contributed by atoms with Crippen molar-refractivity contribution in [2.24, 2.45) is 5.73 Å². The SMILES string of the molecule is COc1ccc(-c2[nH]nnc2-c2cc(OC)c(OC)c(OC)c2)cc1NC(=O)C(N)CCC(=O)O. The number of hydrogen-bond acceptors (Lipinski definition) is 9. The van der Waals surface area contributed by atoms with E-state index in [1.54, 1.807) is 30.3 Å². The maximum absolute atomic E-state index is 12.5. The molecular weight excluding hydrogens is 458 g/mol. The standard InChI is InChI=1S/C23H27N5O7/c1-32-16-7-5-12(9-15(16)25-23(31)14(24)6-8-19(29)30)20-21(27-28-26-20)13-10-17(33-2)22(35-4)18(11-13)34-3/h5,7,9-11,14H,6,8,24H2,1-4H3,(H,25,31)(H,29,30)(H,26,27,28). The summed E-state index contributed by atoms with van der Waals surface area (Å²) in [6.07, 6.45) is -0.220. The van der Waals surface area contributed by atoms with E-state index in [1.807, 2.05) is 0 Å². The first-order chi connectivity index (χ1) is 16.8. The summed E-state index contributed by atoms with van der Waals surface area (Å²) in [5, 5.41) is 22.6. The fraction of sp³-hybridized carbons (Fsp3) is 0.304. The molecule has 3 rings (SSSR count). The molecule has 35 heavy (non-hydrogen) atoms. The molecule has 0 bridgehead atoms. The van der Waals surface area contributed by atoms with Crippen LogP contribution in [0.1, 0.15) is 12.8 Å². The Morgan fingerprint density at radius 1 is 1.00 bits per heavy atom. The fourth-order valence-corrected chi connectivity index (χ4v) is 3.45. The number of amides is 1. The lowest BCUT2D eigenvalue weighted by atomic mass is 10.0. The summed E-state index contributed by atoms with van der Waals surface area (Å²) < 4.78 is 21.6. The number of ether oxygens (including phenoxy) is 4. The van der Waals surface area contributed by atoms with Crippen LogP contribution >= 0.6 is 0 Å². The lowest BCUT2D eigenvalue weighted by molar-refractivity contribution is -0.137. The molecule has 0 radical (unpaired) electrons. The van der Waals surface area contributed by atoms with Crippen molar-refractivity contribution in [1.82, 2.24) is 15.4 Å². The summed E-state index contributed by atoms with van der Waals surface area (Å²) in [6.45, 7) is 0. The van der Waals surface area contributed by atoms with Crippen molar-refractivity contribution in [3.63, 3.8) is 0 Å². The minimum atomic E-state index is -1.03. The third kappa shape index (κ3) is 5.61. The van der Waals surface area contributed by atoms with Crippen LogP contribution in [0.25, 0.3) is 22.5 Å². The monoisotopic (exact) mass is 485 g/mol. The lowest BCUT2D eigenvalue weighted by Crippen LogP contribution is -2.36. The predicted octanol–water partition coefficient (Wildman–Crippen LogP) is 2.30. The molecular formula is C23H27N5O7. The van der Waals surface area contributed by atoms with Crippen LogP contribution in [0, 0.1) is 0 Å². The number of anilines is 1. The van der Waals surface area contributed by atoms with Gasteiger partial charge in [0.15, 0.2) is 11.5 Å². The van der Waals surface area contributed by atoms with E-state index in [-0.39, 0.29) is 12.8 Å². The molecule has 0 spiro atoms. The number of benzene rings is 2. The van der Waals surface area contributed by atoms with Crippen LogP contribution in [0.2, 0.25) is 0 Å². The highest BCUT2D eigenvalue weighted by atomic mass is 16.5. The number of hydrogen-bond donors (Lipinski definition) is 4. The zero-order valence-corrected chi connectivity index (χ0v) is 19.7. The molecule has 1 aromatic heterocycles. The number of carbonyl (C=O) groups is 2. The second kappa shape index (κ2) is 11.2. The van der Waals surface area contributed by atoms with Crippen LogP contribution in [0.15, 0.2) is 30.3 Å². The largest absolute Gasteiger partial charge is 0.495 e. The van der Waals surface area contributed by atoms with E-state index in [0.29, 0.717) is 51.2 Å². The average molecular weight is 485 g/mol. The summed E-state index contributed by atoms with van der Waals surface area (Å²) in [7, 11) is 6.02. The molecule has 0 fully saturated rings. The fourth-order valence-electron chi connectivity index (χ4n) is 3.45. The van der Waals surface area contributed by atoms with Crippen molar-refractivity contribution >= 4 is 17.6 Å². The Kier molecular flexibility index (Phi) is 8.10. The number of H-pyrrole nitrogens is 1. The first-order valence-electron chi connectivity index (χ1n) is 10.5. The van der Waals surface area contributed by atoms with Gasteiger partial charge < -0.3 is 35.1 Å². The van der Waals surface area contributed by atoms with E-state index in [4.69, 9.17) is 29.8 Å². The summed E-state index contributed by atoms with van der Waals surface area (Å²) >= 11 is 0. The molecule has 12 heteroatoms. The van der Waals surface area contributed by atoms with E-state index < -0.39 is 17.9 Å². The van der Waals surface area contributed by atoms with E-state index in [1.165, 1.54) is 28.4 Å². The summed E-state index contributed by atoms with van der Waals surface area (Å²) in [4.78, 5) is 23.3. The van der Waals surface area contributed by atoms with Crippen molar-refractivity contribution < 1.29 is 33.6 Å². The van der Waals surface area contributed by atoms with Gasteiger partial charge in [0.05, 0.1) is 45.9 Å². The minimum absolute atomic E-state index is 0.00107. The molecule has 0 aliphatic carbocycles. The number of methoxy groups -OCH3 is 4. The molecule has 1 unspecified atom stereocenters. The Morgan fingerprint density at radius 3 is 2.23 bits per heavy atom. The Morgan fingerprint density at radius 2 is 1.66 bits per heavy atom. The van der Waals surface area contributed by atoms with Crippen LogP contribution in [-0.2, 0) is 9.59 Å². The second-order valence-corrected chi connectivity index (χ2v) is 7.39. The van der Waals surface area contributed by atoms with Gasteiger partial charge in [-0.05, 0) is 36.8 Å². The highest BCUT2D eigenvalue weighted by Crippen LogP contribution is 2.42. The maximum Gasteiger partial charge on any atom is 0.303 e. The van der Waals surface area contributed by atoms with Crippen LogP contribution in [0.3, 0.4) is 0 Å². The molecule has 0 saturated heterocycles. The third-order valence-electron chi connectivity index (χ3n) is 5.24. The Bertz CT molecular complexity index is 1190. The smallest absolute Gasteiger partial charge is 0.303 e. The normalized spacial score (nSPS) is 11.5. The average Bonchev–Trinajstić information content (AvgIpc) is 3.36. The molecule has 0 aliphatic heterocycles. The summed E-state index contributed by atoms with van der Waals surface area (Å²) in [6, 6.07) is 7.62. The van der Waals surface area contributed by atoms with E-state index >= 15 is 0 Å². The zero-order valence-electron chi connectivity index (χ0n) is 19.7. The molecule has 186 valence electrons. The van der Waals surface area contributed by atoms with Gasteiger partial charge >= 0.3 is 5.97 Å². The van der Waals surface area contributed by atoms with Crippen LogP contribution in [0.5, 0.6) is 23.0 Å². The first kappa shape index (κ1) is 25.3. The third-order valence-corrected chi connectivity index (χ3v) is 5.24. The van der Waals surface area contributed by atoms with Gasteiger partial charge in [-0.1, -0.05) is 5.21 Å². The number of carbonyl (C=O) groups excluding carboxylic acids is 1. The number of aromatic amines is 1. The van der Waals surface area contributed by atoms with Crippen molar-refractivity contribution in [1.29, 1.82) is 0 Å². The topological polar surface area (TPSA) is 171 Å². The quantitative estimate of drug-likeness (QED) is 0.316. The first-order valence-corrected chi connectivity index (χ1v) is 10.5. The predicted molar refractivity (Wildman–Crippen MR) is 127 cm³/mol. The van der Waals surface area contributed by atoms with Gasteiger partial charge in [-0.2, -0.15) is 0 Å². The van der Waals surface area contributed by atoms with Crippen molar-refractivity contribution in [3.05, 3.63) is 30.3 Å². The highest BCUT2D eigenvalue weighted by molar-refractivity contribution is 5.97. The molecule has 1 amide bonds. The number of nitrogens with zero attached hydrogens (tertiary/aromatic N) is 2. The van der Waals surface area contributed by atoms with Gasteiger partial charge in [0.2, 0.25) is 11.7 Å². The van der Waals surface area contributed by atoms with Crippen molar-refractivity contribution in [2.75, 3.05) is 33.8 Å². The van der Waals surface area contributed by atoms with Crippen LogP contribution in [-0.4, -0.2) is 66.9 Å². The lowest BCUT2D eigenvalue weighted by Gasteiger charge is -2.15. The highest BCUT2D eigenvalue weighted by Gasteiger charge is 2.21. The summed E-state index contributed by atoms with van der Waals surface area (Å²) in [5.74, 6) is 0.183.